The molecule has 0 radical (unpaired) electrons. The summed E-state index contributed by atoms with van der Waals surface area (Å²) in [7, 11) is 0. The van der Waals surface area contributed by atoms with E-state index in [4.69, 9.17) is 5.11 Å². The van der Waals surface area contributed by atoms with Gasteiger partial charge >= 0.3 is 6.09 Å². The topological polar surface area (TPSA) is 103 Å². The molecular weight excluding hydrogens is 294 g/mol. The minimum atomic E-state index is -1.13. The van der Waals surface area contributed by atoms with Gasteiger partial charge in [-0.05, 0) is 17.7 Å². The number of carbonyl (C=O) groups is 1. The molecule has 0 spiro atoms. The van der Waals surface area contributed by atoms with Crippen LogP contribution in [0, 0.1) is 0 Å². The summed E-state index contributed by atoms with van der Waals surface area (Å²) in [5, 5.41) is 15.6. The van der Waals surface area contributed by atoms with Gasteiger partial charge in [-0.25, -0.2) is 9.78 Å². The van der Waals surface area contributed by atoms with Gasteiger partial charge in [0.25, 0.3) is 0 Å². The van der Waals surface area contributed by atoms with E-state index in [9.17, 15) is 4.79 Å². The van der Waals surface area contributed by atoms with Crippen LogP contribution in [-0.4, -0.2) is 32.7 Å². The highest BCUT2D eigenvalue weighted by Crippen LogP contribution is 2.29. The molecule has 23 heavy (non-hydrogen) atoms. The first-order valence-electron chi connectivity index (χ1n) is 7.37. The number of amides is 1. The van der Waals surface area contributed by atoms with Gasteiger partial charge in [0.2, 0.25) is 5.95 Å². The molecular formula is C16H15N5O2. The number of rotatable bonds is 2. The number of H-pyrrole nitrogens is 1. The smallest absolute Gasteiger partial charge is 0.411 e. The zero-order valence-corrected chi connectivity index (χ0v) is 12.2. The predicted molar refractivity (Wildman–Crippen MR) is 85.5 cm³/mol. The Balaban J connectivity index is 1.74. The predicted octanol–water partition coefficient (Wildman–Crippen LogP) is 2.28. The molecule has 1 aromatic carbocycles. The summed E-state index contributed by atoms with van der Waals surface area (Å²) in [5.41, 5.74) is 3.73. The van der Waals surface area contributed by atoms with Gasteiger partial charge in [-0.15, -0.1) is 0 Å². The van der Waals surface area contributed by atoms with Crippen LogP contribution < -0.4 is 10.6 Å². The molecule has 1 unspecified atom stereocenters. The average Bonchev–Trinajstić information content (AvgIpc) is 2.95. The zero-order chi connectivity index (χ0) is 15.8. The lowest BCUT2D eigenvalue weighted by atomic mass is 9.98. The van der Waals surface area contributed by atoms with Crippen molar-refractivity contribution in [2.75, 3.05) is 11.9 Å². The van der Waals surface area contributed by atoms with Gasteiger partial charge in [0.15, 0.2) is 0 Å². The molecule has 1 aliphatic heterocycles. The summed E-state index contributed by atoms with van der Waals surface area (Å²) < 4.78 is 0. The Morgan fingerprint density at radius 2 is 2.22 bits per heavy atom. The van der Waals surface area contributed by atoms with Gasteiger partial charge in [-0.1, -0.05) is 18.2 Å². The summed E-state index contributed by atoms with van der Waals surface area (Å²) in [4.78, 5) is 22.7. The summed E-state index contributed by atoms with van der Waals surface area (Å²) >= 11 is 0. The fourth-order valence-corrected chi connectivity index (χ4v) is 2.97. The molecule has 2 aromatic heterocycles. The second-order valence-corrected chi connectivity index (χ2v) is 5.48. The van der Waals surface area contributed by atoms with Crippen molar-refractivity contribution < 1.29 is 9.90 Å². The fraction of sp³-hybridized carbons (Fsp3) is 0.188. The van der Waals surface area contributed by atoms with Crippen molar-refractivity contribution >= 4 is 22.9 Å². The number of pyridine rings is 1. The normalized spacial score (nSPS) is 17.0. The van der Waals surface area contributed by atoms with Gasteiger partial charge in [-0.2, -0.15) is 0 Å². The van der Waals surface area contributed by atoms with Gasteiger partial charge in [0.1, 0.15) is 0 Å². The summed E-state index contributed by atoms with van der Waals surface area (Å²) in [6.07, 6.45) is 1.49. The number of benzene rings is 1. The number of carboxylic acid groups (broad SMARTS) is 1. The monoisotopic (exact) mass is 309 g/mol. The van der Waals surface area contributed by atoms with E-state index in [0.29, 0.717) is 0 Å². The summed E-state index contributed by atoms with van der Waals surface area (Å²) in [5.74, 6) is 0.255. The lowest BCUT2D eigenvalue weighted by molar-refractivity contribution is 0.209. The molecule has 1 amide bonds. The molecule has 7 nitrogen and oxygen atoms in total. The first-order valence-corrected chi connectivity index (χ1v) is 7.37. The molecule has 1 atom stereocenters. The van der Waals surface area contributed by atoms with Crippen molar-refractivity contribution in [3.05, 3.63) is 53.5 Å². The molecule has 0 saturated heterocycles. The van der Waals surface area contributed by atoms with Crippen LogP contribution in [0.2, 0.25) is 0 Å². The number of aromatic nitrogens is 3. The maximum absolute atomic E-state index is 10.8. The number of imidazole rings is 1. The highest BCUT2D eigenvalue weighted by Gasteiger charge is 2.26. The molecule has 7 heteroatoms. The van der Waals surface area contributed by atoms with Crippen LogP contribution in [0.3, 0.4) is 0 Å². The Morgan fingerprint density at radius 1 is 1.35 bits per heavy atom. The fourth-order valence-electron chi connectivity index (χ4n) is 2.97. The minimum absolute atomic E-state index is 0.101. The Morgan fingerprint density at radius 3 is 3.09 bits per heavy atom. The number of fused-ring (bicyclic) bond motifs is 2. The lowest BCUT2D eigenvalue weighted by Gasteiger charge is -2.23. The van der Waals surface area contributed by atoms with Gasteiger partial charge in [-0.3, -0.25) is 10.3 Å². The molecule has 0 bridgehead atoms. The van der Waals surface area contributed by atoms with Crippen LogP contribution in [0.4, 0.5) is 10.7 Å². The molecule has 0 aliphatic carbocycles. The molecule has 4 N–H and O–H groups in total. The van der Waals surface area contributed by atoms with E-state index in [2.05, 4.69) is 31.7 Å². The number of hydrogen-bond acceptors (Lipinski definition) is 4. The van der Waals surface area contributed by atoms with Crippen molar-refractivity contribution in [2.24, 2.45) is 0 Å². The van der Waals surface area contributed by atoms with E-state index >= 15 is 0 Å². The van der Waals surface area contributed by atoms with Gasteiger partial charge in [0, 0.05) is 30.2 Å². The van der Waals surface area contributed by atoms with E-state index in [1.165, 1.54) is 0 Å². The quantitative estimate of drug-likeness (QED) is 0.581. The van der Waals surface area contributed by atoms with Crippen LogP contribution in [0.1, 0.15) is 23.0 Å². The maximum atomic E-state index is 10.8. The van der Waals surface area contributed by atoms with Crippen molar-refractivity contribution in [3.63, 3.8) is 0 Å². The van der Waals surface area contributed by atoms with Crippen molar-refractivity contribution in [2.45, 2.75) is 12.5 Å². The SMILES string of the molecule is O=C(O)Nc1nc2c([nH]1)CCNC2c1cnc2ccccc2c1. The summed E-state index contributed by atoms with van der Waals surface area (Å²) in [6.45, 7) is 0.791. The van der Waals surface area contributed by atoms with Crippen LogP contribution in [0.15, 0.2) is 36.5 Å². The molecule has 1 aliphatic rings. The Bertz CT molecular complexity index is 889. The van der Waals surface area contributed by atoms with Crippen molar-refractivity contribution in [1.29, 1.82) is 0 Å². The van der Waals surface area contributed by atoms with Crippen LogP contribution in [0.5, 0.6) is 0 Å². The van der Waals surface area contributed by atoms with E-state index < -0.39 is 6.09 Å². The first kappa shape index (κ1) is 13.7. The summed E-state index contributed by atoms with van der Waals surface area (Å²) in [6, 6.07) is 9.94. The standard InChI is InChI=1S/C16H15N5O2/c22-16(23)21-15-19-12-5-6-17-13(14(12)20-15)10-7-9-3-1-2-4-11(9)18-8-10/h1-4,7-8,13,17H,5-6H2,(H,22,23)(H2,19,20,21). The van der Waals surface area contributed by atoms with E-state index in [1.807, 2.05) is 30.5 Å². The van der Waals surface area contributed by atoms with Crippen LogP contribution in [0.25, 0.3) is 10.9 Å². The van der Waals surface area contributed by atoms with Crippen LogP contribution in [-0.2, 0) is 6.42 Å². The number of nitrogens with one attached hydrogen (secondary N) is 3. The third-order valence-corrected chi connectivity index (χ3v) is 3.98. The molecule has 0 fully saturated rings. The number of anilines is 1. The minimum Gasteiger partial charge on any atom is -0.465 e. The number of hydrogen-bond donors (Lipinski definition) is 4. The molecule has 3 aromatic rings. The zero-order valence-electron chi connectivity index (χ0n) is 12.2. The highest BCUT2D eigenvalue weighted by atomic mass is 16.4. The van der Waals surface area contributed by atoms with E-state index in [-0.39, 0.29) is 12.0 Å². The molecule has 3 heterocycles. The third-order valence-electron chi connectivity index (χ3n) is 3.98. The Hall–Kier alpha value is -2.93. The largest absolute Gasteiger partial charge is 0.465 e. The lowest BCUT2D eigenvalue weighted by Crippen LogP contribution is -2.30. The Kier molecular flexibility index (Phi) is 3.20. The molecule has 0 saturated carbocycles. The average molecular weight is 309 g/mol. The number of para-hydroxylation sites is 1. The highest BCUT2D eigenvalue weighted by molar-refractivity contribution is 5.80. The first-order chi connectivity index (χ1) is 11.2. The van der Waals surface area contributed by atoms with Gasteiger partial charge in [0.05, 0.1) is 17.3 Å². The second kappa shape index (κ2) is 5.36. The third kappa shape index (κ3) is 2.51. The maximum Gasteiger partial charge on any atom is 0.411 e. The number of aromatic amines is 1. The van der Waals surface area contributed by atoms with Crippen LogP contribution >= 0.6 is 0 Å². The molecule has 116 valence electrons. The van der Waals surface area contributed by atoms with E-state index in [0.717, 1.165) is 40.8 Å². The Labute approximate surface area is 131 Å². The second-order valence-electron chi connectivity index (χ2n) is 5.48. The molecule has 4 rings (SSSR count). The van der Waals surface area contributed by atoms with Gasteiger partial charge < -0.3 is 15.4 Å². The number of nitrogens with zero attached hydrogens (tertiary/aromatic N) is 2. The van der Waals surface area contributed by atoms with E-state index in [1.54, 1.807) is 0 Å². The van der Waals surface area contributed by atoms with Crippen molar-refractivity contribution in [3.8, 4) is 0 Å². The van der Waals surface area contributed by atoms with Crippen molar-refractivity contribution in [1.82, 2.24) is 20.3 Å².